The largest absolute Gasteiger partial charge is 0.444 e. The normalized spacial score (nSPS) is 20.0. The van der Waals surface area contributed by atoms with Gasteiger partial charge in [-0.25, -0.2) is 15.0 Å². The van der Waals surface area contributed by atoms with E-state index >= 15 is 0 Å². The SMILES string of the molecule is C=CCCC(C)([C@H]1CCN(C(=O)OC(C)(C)C)C1)C(C)(C)C.N=C=O. The van der Waals surface area contributed by atoms with Crippen LogP contribution in [-0.4, -0.2) is 35.8 Å². The molecule has 0 saturated carbocycles. The predicted octanol–water partition coefficient (Wildman–Crippen LogP) is 5.16. The molecule has 0 aromatic rings. The number of nitrogens with one attached hydrogen (secondary N) is 1. The van der Waals surface area contributed by atoms with Crippen molar-refractivity contribution in [3.8, 4) is 0 Å². The van der Waals surface area contributed by atoms with Crippen LogP contribution in [0.1, 0.15) is 67.7 Å². The van der Waals surface area contributed by atoms with Crippen molar-refractivity contribution in [3.63, 3.8) is 0 Å². The molecule has 2 atom stereocenters. The van der Waals surface area contributed by atoms with Crippen molar-refractivity contribution in [3.05, 3.63) is 12.7 Å². The van der Waals surface area contributed by atoms with Gasteiger partial charge in [0.1, 0.15) is 5.60 Å². The van der Waals surface area contributed by atoms with Crippen LogP contribution in [0.4, 0.5) is 4.79 Å². The molecule has 1 fully saturated rings. The van der Waals surface area contributed by atoms with Gasteiger partial charge in [0.15, 0.2) is 0 Å². The lowest BCUT2D eigenvalue weighted by Gasteiger charge is -2.47. The van der Waals surface area contributed by atoms with Crippen LogP contribution in [0.2, 0.25) is 0 Å². The van der Waals surface area contributed by atoms with Crippen LogP contribution < -0.4 is 0 Å². The summed E-state index contributed by atoms with van der Waals surface area (Å²) < 4.78 is 5.52. The second-order valence-electron chi connectivity index (χ2n) is 9.01. The van der Waals surface area contributed by atoms with Crippen molar-refractivity contribution in [2.24, 2.45) is 16.7 Å². The number of hydrogen-bond donors (Lipinski definition) is 1. The number of allylic oxidation sites excluding steroid dienone is 1. The van der Waals surface area contributed by atoms with Crippen molar-refractivity contribution in [1.82, 2.24) is 4.90 Å². The average molecular weight is 353 g/mol. The molecule has 1 N–H and O–H groups in total. The maximum Gasteiger partial charge on any atom is 0.410 e. The Bertz CT molecular complexity index is 482. The molecule has 144 valence electrons. The minimum Gasteiger partial charge on any atom is -0.444 e. The minimum absolute atomic E-state index is 0.171. The standard InChI is InChI=1S/C19H35NO2.CHNO/c1-9-10-12-19(8,17(2,3)4)15-11-13-20(14-15)16(21)22-18(5,6)7;2-1-3/h9,15H,1,10-14H2,2-8H3;2H/t15-,19?;/m0./s1. The summed E-state index contributed by atoms with van der Waals surface area (Å²) in [6.07, 6.45) is 5.79. The molecule has 1 saturated heterocycles. The van der Waals surface area contributed by atoms with E-state index in [1.807, 2.05) is 31.7 Å². The zero-order valence-electron chi connectivity index (χ0n) is 17.1. The smallest absolute Gasteiger partial charge is 0.410 e. The first-order chi connectivity index (χ1) is 11.3. The lowest BCUT2D eigenvalue weighted by Crippen LogP contribution is -2.42. The predicted molar refractivity (Wildman–Crippen MR) is 101 cm³/mol. The number of likely N-dealkylation sites (tertiary alicyclic amines) is 1. The van der Waals surface area contributed by atoms with Crippen molar-refractivity contribution >= 4 is 12.2 Å². The molecule has 1 unspecified atom stereocenters. The average Bonchev–Trinajstić information content (AvgIpc) is 2.92. The van der Waals surface area contributed by atoms with Crippen LogP contribution in [0, 0.1) is 22.2 Å². The molecule has 0 aromatic heterocycles. The molecule has 5 heteroatoms. The monoisotopic (exact) mass is 352 g/mol. The van der Waals surface area contributed by atoms with Gasteiger partial charge in [-0.3, -0.25) is 0 Å². The lowest BCUT2D eigenvalue weighted by atomic mass is 9.58. The van der Waals surface area contributed by atoms with E-state index in [2.05, 4.69) is 34.3 Å². The van der Waals surface area contributed by atoms with Gasteiger partial charge in [-0.05, 0) is 56.8 Å². The maximum absolute atomic E-state index is 12.3. The summed E-state index contributed by atoms with van der Waals surface area (Å²) >= 11 is 0. The molecule has 0 bridgehead atoms. The Kier molecular flexibility index (Phi) is 8.60. The maximum atomic E-state index is 12.3. The Balaban J connectivity index is 0.00000178. The van der Waals surface area contributed by atoms with Crippen LogP contribution in [0.5, 0.6) is 0 Å². The third-order valence-electron chi connectivity index (χ3n) is 5.32. The number of ether oxygens (including phenoxy) is 1. The number of carbonyl (C=O) groups excluding carboxylic acids is 2. The highest BCUT2D eigenvalue weighted by Crippen LogP contribution is 2.51. The molecule has 25 heavy (non-hydrogen) atoms. The molecule has 1 aliphatic rings. The molecule has 5 nitrogen and oxygen atoms in total. The summed E-state index contributed by atoms with van der Waals surface area (Å²) in [5.41, 5.74) is -0.0338. The van der Waals surface area contributed by atoms with E-state index in [-0.39, 0.29) is 16.9 Å². The quantitative estimate of drug-likeness (QED) is 0.431. The van der Waals surface area contributed by atoms with Crippen LogP contribution in [0.25, 0.3) is 0 Å². The van der Waals surface area contributed by atoms with Gasteiger partial charge in [0.25, 0.3) is 0 Å². The van der Waals surface area contributed by atoms with Gasteiger partial charge >= 0.3 is 6.09 Å². The van der Waals surface area contributed by atoms with E-state index < -0.39 is 5.60 Å². The lowest BCUT2D eigenvalue weighted by molar-refractivity contribution is 0.0142. The third-order valence-corrected chi connectivity index (χ3v) is 5.32. The summed E-state index contributed by atoms with van der Waals surface area (Å²) in [4.78, 5) is 22.5. The van der Waals surface area contributed by atoms with Crippen molar-refractivity contribution in [1.29, 1.82) is 5.41 Å². The number of carbonyl (C=O) groups is 1. The number of isocyanates is 1. The Hall–Kier alpha value is -1.61. The van der Waals surface area contributed by atoms with E-state index in [9.17, 15) is 4.79 Å². The van der Waals surface area contributed by atoms with Gasteiger partial charge in [-0.15, -0.1) is 6.58 Å². The second kappa shape index (κ2) is 9.19. The first-order valence-electron chi connectivity index (χ1n) is 8.95. The topological polar surface area (TPSA) is 70.5 Å². The van der Waals surface area contributed by atoms with Crippen LogP contribution >= 0.6 is 0 Å². The summed E-state index contributed by atoms with van der Waals surface area (Å²) in [7, 11) is 0. The highest BCUT2D eigenvalue weighted by Gasteiger charge is 2.46. The van der Waals surface area contributed by atoms with Crippen molar-refractivity contribution in [2.75, 3.05) is 13.1 Å². The molecule has 1 aliphatic heterocycles. The summed E-state index contributed by atoms with van der Waals surface area (Å²) in [5.74, 6) is 0.514. The van der Waals surface area contributed by atoms with E-state index in [4.69, 9.17) is 14.9 Å². The number of nitrogens with zero attached hydrogens (tertiary/aromatic N) is 1. The number of rotatable bonds is 4. The van der Waals surface area contributed by atoms with Crippen LogP contribution in [-0.2, 0) is 9.53 Å². The van der Waals surface area contributed by atoms with Crippen LogP contribution in [0.3, 0.4) is 0 Å². The summed E-state index contributed by atoms with van der Waals surface area (Å²) in [6, 6.07) is 0. The summed E-state index contributed by atoms with van der Waals surface area (Å²) in [5, 5.41) is 5.40. The highest BCUT2D eigenvalue weighted by atomic mass is 16.6. The van der Waals surface area contributed by atoms with Crippen LogP contribution in [0.15, 0.2) is 12.7 Å². The fourth-order valence-corrected chi connectivity index (χ4v) is 3.37. The Morgan fingerprint density at radius 2 is 1.80 bits per heavy atom. The Morgan fingerprint density at radius 1 is 1.28 bits per heavy atom. The molecule has 1 rings (SSSR count). The molecule has 1 amide bonds. The van der Waals surface area contributed by atoms with Crippen molar-refractivity contribution in [2.45, 2.75) is 73.3 Å². The molecule has 1 heterocycles. The van der Waals surface area contributed by atoms with Gasteiger partial charge in [0.05, 0.1) is 0 Å². The van der Waals surface area contributed by atoms with E-state index in [0.29, 0.717) is 5.92 Å². The fourth-order valence-electron chi connectivity index (χ4n) is 3.37. The Labute approximate surface area is 153 Å². The van der Waals surface area contributed by atoms with E-state index in [0.717, 1.165) is 38.4 Å². The van der Waals surface area contributed by atoms with Gasteiger partial charge in [0, 0.05) is 13.1 Å². The number of amides is 1. The molecule has 0 aliphatic carbocycles. The van der Waals surface area contributed by atoms with Gasteiger partial charge in [-0.2, -0.15) is 0 Å². The fraction of sp³-hybridized carbons (Fsp3) is 0.800. The first kappa shape index (κ1) is 23.4. The molecular formula is C20H36N2O3. The van der Waals surface area contributed by atoms with Crippen molar-refractivity contribution < 1.29 is 14.3 Å². The number of hydrogen-bond acceptors (Lipinski definition) is 4. The van der Waals surface area contributed by atoms with Gasteiger partial charge in [-0.1, -0.05) is 33.8 Å². The third kappa shape index (κ3) is 7.03. The van der Waals surface area contributed by atoms with E-state index in [1.54, 1.807) is 0 Å². The summed E-state index contributed by atoms with van der Waals surface area (Å²) in [6.45, 7) is 20.5. The molecule has 0 aromatic carbocycles. The van der Waals surface area contributed by atoms with Gasteiger partial charge in [0.2, 0.25) is 6.08 Å². The van der Waals surface area contributed by atoms with E-state index in [1.165, 1.54) is 0 Å². The zero-order chi connectivity index (χ0) is 19.9. The molecular weight excluding hydrogens is 316 g/mol. The van der Waals surface area contributed by atoms with Gasteiger partial charge < -0.3 is 9.64 Å². The Morgan fingerprint density at radius 3 is 2.20 bits per heavy atom. The highest BCUT2D eigenvalue weighted by molar-refractivity contribution is 5.68. The minimum atomic E-state index is -0.425. The molecule has 0 spiro atoms. The second-order valence-corrected chi connectivity index (χ2v) is 9.01. The first-order valence-corrected chi connectivity index (χ1v) is 8.95. The zero-order valence-corrected chi connectivity index (χ0v) is 17.1. The molecule has 0 radical (unpaired) electrons.